The molecule has 1 rings (SSSR count). The van der Waals surface area contributed by atoms with Gasteiger partial charge in [-0.25, -0.2) is 0 Å². The largest absolute Gasteiger partial charge is 0.275 e. The van der Waals surface area contributed by atoms with Crippen molar-refractivity contribution in [1.29, 1.82) is 5.26 Å². The molecule has 0 saturated heterocycles. The third kappa shape index (κ3) is 1.44. The van der Waals surface area contributed by atoms with E-state index in [1.54, 1.807) is 6.92 Å². The van der Waals surface area contributed by atoms with Crippen LogP contribution in [0, 0.1) is 18.3 Å². The van der Waals surface area contributed by atoms with Gasteiger partial charge in [0.1, 0.15) is 6.07 Å². The summed E-state index contributed by atoms with van der Waals surface area (Å²) in [6.07, 6.45) is 1.47. The topological polar surface area (TPSA) is 53.8 Å². The molecule has 1 heterocycles. The molecule has 0 aliphatic heterocycles. The maximum Gasteiger partial charge on any atom is 0.255 e. The average Bonchev–Trinajstić information content (AvgIpc) is 2.03. The number of pyridine rings is 1. The molecule has 4 heteroatoms. The van der Waals surface area contributed by atoms with Crippen molar-refractivity contribution in [1.82, 2.24) is 4.98 Å². The minimum absolute atomic E-state index is 0.196. The van der Waals surface area contributed by atoms with Crippen molar-refractivity contribution in [2.45, 2.75) is 6.92 Å². The Morgan fingerprint density at radius 2 is 2.42 bits per heavy atom. The van der Waals surface area contributed by atoms with Gasteiger partial charge in [0.05, 0.1) is 16.8 Å². The zero-order valence-corrected chi connectivity index (χ0v) is 7.09. The first-order valence-corrected chi connectivity index (χ1v) is 3.60. The SMILES string of the molecule is Cc1nccc(C#N)c1C(=O)Cl. The highest BCUT2D eigenvalue weighted by molar-refractivity contribution is 6.68. The maximum absolute atomic E-state index is 10.8. The van der Waals surface area contributed by atoms with Crippen LogP contribution in [-0.2, 0) is 0 Å². The number of halogens is 1. The Balaban J connectivity index is 3.42. The summed E-state index contributed by atoms with van der Waals surface area (Å²) in [7, 11) is 0. The molecule has 0 atom stereocenters. The number of carbonyl (C=O) groups is 1. The van der Waals surface area contributed by atoms with Gasteiger partial charge in [-0.2, -0.15) is 5.26 Å². The van der Waals surface area contributed by atoms with Crippen molar-refractivity contribution in [3.63, 3.8) is 0 Å². The summed E-state index contributed by atoms with van der Waals surface area (Å²) in [5.41, 5.74) is 0.943. The van der Waals surface area contributed by atoms with Crippen molar-refractivity contribution in [3.05, 3.63) is 29.1 Å². The molecule has 0 radical (unpaired) electrons. The van der Waals surface area contributed by atoms with E-state index in [0.717, 1.165) is 0 Å². The van der Waals surface area contributed by atoms with Gasteiger partial charge in [0.15, 0.2) is 0 Å². The van der Waals surface area contributed by atoms with Crippen LogP contribution in [0.4, 0.5) is 0 Å². The molecule has 0 spiro atoms. The highest BCUT2D eigenvalue weighted by atomic mass is 35.5. The van der Waals surface area contributed by atoms with Crippen molar-refractivity contribution in [2.24, 2.45) is 0 Å². The molecule has 3 nitrogen and oxygen atoms in total. The predicted octanol–water partition coefficient (Wildman–Crippen LogP) is 1.64. The summed E-state index contributed by atoms with van der Waals surface area (Å²) < 4.78 is 0. The van der Waals surface area contributed by atoms with Crippen LogP contribution < -0.4 is 0 Å². The fourth-order valence-corrected chi connectivity index (χ4v) is 1.15. The Labute approximate surface area is 74.6 Å². The fourth-order valence-electron chi connectivity index (χ4n) is 0.908. The van der Waals surface area contributed by atoms with E-state index in [-0.39, 0.29) is 11.1 Å². The Bertz CT molecular complexity index is 368. The van der Waals surface area contributed by atoms with E-state index in [4.69, 9.17) is 16.9 Å². The van der Waals surface area contributed by atoms with Crippen molar-refractivity contribution < 1.29 is 4.79 Å². The number of hydrogen-bond donors (Lipinski definition) is 0. The number of hydrogen-bond acceptors (Lipinski definition) is 3. The quantitative estimate of drug-likeness (QED) is 0.618. The minimum atomic E-state index is -0.642. The lowest BCUT2D eigenvalue weighted by molar-refractivity contribution is 0.108. The third-order valence-electron chi connectivity index (χ3n) is 1.46. The van der Waals surface area contributed by atoms with Crippen LogP contribution in [0.1, 0.15) is 21.6 Å². The molecule has 0 saturated carbocycles. The highest BCUT2D eigenvalue weighted by Crippen LogP contribution is 2.12. The van der Waals surface area contributed by atoms with Gasteiger partial charge in [-0.1, -0.05) is 0 Å². The fraction of sp³-hybridized carbons (Fsp3) is 0.125. The molecule has 0 aliphatic rings. The Morgan fingerprint density at radius 1 is 1.75 bits per heavy atom. The van der Waals surface area contributed by atoms with Crippen LogP contribution >= 0.6 is 11.6 Å². The molecule has 0 aliphatic carbocycles. The van der Waals surface area contributed by atoms with Crippen molar-refractivity contribution in [2.75, 3.05) is 0 Å². The normalized spacial score (nSPS) is 9.08. The van der Waals surface area contributed by atoms with Gasteiger partial charge in [-0.05, 0) is 24.6 Å². The second-order valence-electron chi connectivity index (χ2n) is 2.20. The number of aryl methyl sites for hydroxylation is 1. The summed E-state index contributed by atoms with van der Waals surface area (Å²) >= 11 is 5.26. The lowest BCUT2D eigenvalue weighted by atomic mass is 10.1. The van der Waals surface area contributed by atoms with E-state index >= 15 is 0 Å². The van der Waals surface area contributed by atoms with E-state index in [0.29, 0.717) is 5.69 Å². The number of aromatic nitrogens is 1. The Kier molecular flexibility index (Phi) is 2.41. The summed E-state index contributed by atoms with van der Waals surface area (Å²) in [4.78, 5) is 14.7. The van der Waals surface area contributed by atoms with Crippen LogP contribution in [0.2, 0.25) is 0 Å². The molecule has 0 unspecified atom stereocenters. The molecule has 0 bridgehead atoms. The van der Waals surface area contributed by atoms with Gasteiger partial charge in [-0.3, -0.25) is 9.78 Å². The molecule has 0 fully saturated rings. The van der Waals surface area contributed by atoms with E-state index in [1.165, 1.54) is 12.3 Å². The van der Waals surface area contributed by atoms with Gasteiger partial charge >= 0.3 is 0 Å². The molecule has 1 aromatic heterocycles. The molecule has 1 aromatic rings. The first-order chi connectivity index (χ1) is 5.66. The average molecular weight is 181 g/mol. The number of nitriles is 1. The van der Waals surface area contributed by atoms with E-state index in [9.17, 15) is 4.79 Å². The Hall–Kier alpha value is -1.40. The molecular weight excluding hydrogens is 176 g/mol. The second-order valence-corrected chi connectivity index (χ2v) is 2.55. The van der Waals surface area contributed by atoms with Crippen LogP contribution in [0.3, 0.4) is 0 Å². The van der Waals surface area contributed by atoms with Crippen LogP contribution in [0.25, 0.3) is 0 Å². The van der Waals surface area contributed by atoms with Gasteiger partial charge in [0, 0.05) is 6.20 Å². The lowest BCUT2D eigenvalue weighted by Crippen LogP contribution is -1.99. The lowest BCUT2D eigenvalue weighted by Gasteiger charge is -1.99. The zero-order valence-electron chi connectivity index (χ0n) is 6.34. The zero-order chi connectivity index (χ0) is 9.14. The Morgan fingerprint density at radius 3 is 2.83 bits per heavy atom. The van der Waals surface area contributed by atoms with Crippen molar-refractivity contribution >= 4 is 16.8 Å². The molecule has 0 N–H and O–H groups in total. The molecule has 60 valence electrons. The minimum Gasteiger partial charge on any atom is -0.275 e. The summed E-state index contributed by atoms with van der Waals surface area (Å²) in [5.74, 6) is 0. The monoisotopic (exact) mass is 180 g/mol. The van der Waals surface area contributed by atoms with Gasteiger partial charge in [0.2, 0.25) is 0 Å². The van der Waals surface area contributed by atoms with E-state index in [1.807, 2.05) is 6.07 Å². The summed E-state index contributed by atoms with van der Waals surface area (Å²) in [5, 5.41) is 7.96. The second kappa shape index (κ2) is 3.33. The standard InChI is InChI=1S/C8H5ClN2O/c1-5-7(8(9)12)6(4-10)2-3-11-5/h2-3H,1H3. The van der Waals surface area contributed by atoms with Crippen LogP contribution in [0.5, 0.6) is 0 Å². The predicted molar refractivity (Wildman–Crippen MR) is 43.9 cm³/mol. The molecule has 0 aromatic carbocycles. The maximum atomic E-state index is 10.8. The molecule has 12 heavy (non-hydrogen) atoms. The number of nitrogens with zero attached hydrogens (tertiary/aromatic N) is 2. The van der Waals surface area contributed by atoms with E-state index in [2.05, 4.69) is 4.98 Å². The summed E-state index contributed by atoms with van der Waals surface area (Å²) in [6, 6.07) is 3.33. The first kappa shape index (κ1) is 8.69. The summed E-state index contributed by atoms with van der Waals surface area (Å²) in [6.45, 7) is 1.64. The number of carbonyl (C=O) groups excluding carboxylic acids is 1. The highest BCUT2D eigenvalue weighted by Gasteiger charge is 2.11. The first-order valence-electron chi connectivity index (χ1n) is 3.22. The smallest absolute Gasteiger partial charge is 0.255 e. The van der Waals surface area contributed by atoms with Crippen molar-refractivity contribution in [3.8, 4) is 6.07 Å². The number of rotatable bonds is 1. The van der Waals surface area contributed by atoms with Gasteiger partial charge in [-0.15, -0.1) is 0 Å². The van der Waals surface area contributed by atoms with Gasteiger partial charge < -0.3 is 0 Å². The van der Waals surface area contributed by atoms with Crippen LogP contribution in [-0.4, -0.2) is 10.2 Å². The van der Waals surface area contributed by atoms with Crippen LogP contribution in [0.15, 0.2) is 12.3 Å². The van der Waals surface area contributed by atoms with E-state index < -0.39 is 5.24 Å². The van der Waals surface area contributed by atoms with Gasteiger partial charge in [0.25, 0.3) is 5.24 Å². The third-order valence-corrected chi connectivity index (χ3v) is 1.65. The molecule has 0 amide bonds. The molecular formula is C8H5ClN2O.